The molecule has 0 fully saturated rings. The molecule has 62 valence electrons. The summed E-state index contributed by atoms with van der Waals surface area (Å²) < 4.78 is 4.85. The lowest BCUT2D eigenvalue weighted by Crippen LogP contribution is -2.02. The maximum atomic E-state index is 5.28. The third-order valence-electron chi connectivity index (χ3n) is 1.10. The van der Waals surface area contributed by atoms with Crippen LogP contribution in [0, 0.1) is 0 Å². The first-order valence-corrected chi connectivity index (χ1v) is 2.92. The van der Waals surface area contributed by atoms with E-state index in [-0.39, 0.29) is 12.4 Å². The van der Waals surface area contributed by atoms with Gasteiger partial charge in [-0.3, -0.25) is 0 Å². The molecule has 0 amide bonds. The van der Waals surface area contributed by atoms with E-state index in [1.54, 1.807) is 19.5 Å². The van der Waals surface area contributed by atoms with Crippen molar-refractivity contribution in [3.63, 3.8) is 0 Å². The van der Waals surface area contributed by atoms with Crippen LogP contribution in [0.3, 0.4) is 0 Å². The molecule has 4 nitrogen and oxygen atoms in total. The Labute approximate surface area is 71.2 Å². The van der Waals surface area contributed by atoms with E-state index in [0.29, 0.717) is 18.1 Å². The highest BCUT2D eigenvalue weighted by Gasteiger charge is 1.92. The van der Waals surface area contributed by atoms with Crippen LogP contribution in [0.1, 0.15) is 5.82 Å². The van der Waals surface area contributed by atoms with E-state index in [9.17, 15) is 0 Å². The molecule has 0 atom stereocenters. The number of hydrogen-bond donors (Lipinski definition) is 1. The molecule has 0 aromatic carbocycles. The summed E-state index contributed by atoms with van der Waals surface area (Å²) in [6, 6.07) is 0. The molecule has 11 heavy (non-hydrogen) atoms. The fourth-order valence-corrected chi connectivity index (χ4v) is 0.554. The van der Waals surface area contributed by atoms with Gasteiger partial charge in [0.25, 0.3) is 0 Å². The molecule has 0 aliphatic heterocycles. The summed E-state index contributed by atoms with van der Waals surface area (Å²) in [6.45, 7) is 0.365. The lowest BCUT2D eigenvalue weighted by atomic mass is 10.5. The lowest BCUT2D eigenvalue weighted by molar-refractivity contribution is 0.410. The summed E-state index contributed by atoms with van der Waals surface area (Å²) in [5.74, 6) is 1.28. The molecule has 0 aliphatic carbocycles. The van der Waals surface area contributed by atoms with E-state index in [4.69, 9.17) is 10.5 Å². The van der Waals surface area contributed by atoms with Gasteiger partial charge in [0.2, 0.25) is 0 Å². The number of nitrogens with zero attached hydrogens (tertiary/aromatic N) is 2. The van der Waals surface area contributed by atoms with Crippen LogP contribution in [0.25, 0.3) is 0 Å². The molecule has 1 aromatic rings. The number of aromatic nitrogens is 2. The van der Waals surface area contributed by atoms with Crippen molar-refractivity contribution in [2.45, 2.75) is 6.54 Å². The zero-order valence-corrected chi connectivity index (χ0v) is 6.97. The number of rotatable bonds is 2. The summed E-state index contributed by atoms with van der Waals surface area (Å²) in [4.78, 5) is 7.81. The second-order valence-corrected chi connectivity index (χ2v) is 1.74. The van der Waals surface area contributed by atoms with Crippen molar-refractivity contribution in [1.82, 2.24) is 9.97 Å². The number of nitrogens with two attached hydrogens (primary N) is 1. The first-order chi connectivity index (χ1) is 4.86. The molecule has 0 radical (unpaired) electrons. The Balaban J connectivity index is 0.000001000. The minimum Gasteiger partial charge on any atom is -0.494 e. The average Bonchev–Trinajstić information content (AvgIpc) is 2.05. The normalized spacial score (nSPS) is 8.55. The van der Waals surface area contributed by atoms with E-state index < -0.39 is 0 Å². The fraction of sp³-hybridized carbons (Fsp3) is 0.333. The SMILES string of the molecule is COc1cnc(CN)nc1.Cl. The second-order valence-electron chi connectivity index (χ2n) is 1.74. The van der Waals surface area contributed by atoms with E-state index in [1.165, 1.54) is 0 Å². The quantitative estimate of drug-likeness (QED) is 0.706. The molecule has 0 saturated heterocycles. The minimum absolute atomic E-state index is 0. The second kappa shape index (κ2) is 4.87. The third kappa shape index (κ3) is 2.69. The van der Waals surface area contributed by atoms with Gasteiger partial charge in [0, 0.05) is 0 Å². The van der Waals surface area contributed by atoms with Gasteiger partial charge >= 0.3 is 0 Å². The number of halogens is 1. The van der Waals surface area contributed by atoms with Crippen LogP contribution in [0.4, 0.5) is 0 Å². The van der Waals surface area contributed by atoms with Crippen molar-refractivity contribution >= 4 is 12.4 Å². The topological polar surface area (TPSA) is 61.0 Å². The fourth-order valence-electron chi connectivity index (χ4n) is 0.554. The summed E-state index contributed by atoms with van der Waals surface area (Å²) in [5, 5.41) is 0. The van der Waals surface area contributed by atoms with Crippen molar-refractivity contribution in [2.24, 2.45) is 5.73 Å². The monoisotopic (exact) mass is 175 g/mol. The summed E-state index contributed by atoms with van der Waals surface area (Å²) >= 11 is 0. The predicted octanol–water partition coefficient (Wildman–Crippen LogP) is 0.366. The Morgan fingerprint density at radius 2 is 2.00 bits per heavy atom. The summed E-state index contributed by atoms with van der Waals surface area (Å²) in [6.07, 6.45) is 3.18. The molecule has 0 spiro atoms. The Morgan fingerprint density at radius 3 is 2.36 bits per heavy atom. The maximum Gasteiger partial charge on any atom is 0.155 e. The molecule has 0 bridgehead atoms. The van der Waals surface area contributed by atoms with E-state index in [2.05, 4.69) is 9.97 Å². The Hall–Kier alpha value is -0.870. The number of methoxy groups -OCH3 is 1. The van der Waals surface area contributed by atoms with E-state index in [0.717, 1.165) is 0 Å². The van der Waals surface area contributed by atoms with Gasteiger partial charge in [-0.25, -0.2) is 9.97 Å². The van der Waals surface area contributed by atoms with Crippen molar-refractivity contribution in [1.29, 1.82) is 0 Å². The Morgan fingerprint density at radius 1 is 1.45 bits per heavy atom. The highest BCUT2D eigenvalue weighted by atomic mass is 35.5. The molecule has 2 N–H and O–H groups in total. The molecule has 1 rings (SSSR count). The zero-order valence-electron chi connectivity index (χ0n) is 6.15. The van der Waals surface area contributed by atoms with E-state index >= 15 is 0 Å². The highest BCUT2D eigenvalue weighted by Crippen LogP contribution is 2.03. The van der Waals surface area contributed by atoms with Crippen LogP contribution < -0.4 is 10.5 Å². The smallest absolute Gasteiger partial charge is 0.155 e. The van der Waals surface area contributed by atoms with Gasteiger partial charge < -0.3 is 10.5 Å². The summed E-state index contributed by atoms with van der Waals surface area (Å²) in [5.41, 5.74) is 5.28. The van der Waals surface area contributed by atoms with Gasteiger partial charge in [-0.15, -0.1) is 12.4 Å². The van der Waals surface area contributed by atoms with Crippen LogP contribution in [0.2, 0.25) is 0 Å². The van der Waals surface area contributed by atoms with Crippen molar-refractivity contribution in [3.8, 4) is 5.75 Å². The van der Waals surface area contributed by atoms with Gasteiger partial charge in [-0.05, 0) is 0 Å². The van der Waals surface area contributed by atoms with Crippen LogP contribution in [-0.4, -0.2) is 17.1 Å². The first kappa shape index (κ1) is 10.1. The van der Waals surface area contributed by atoms with Gasteiger partial charge in [-0.2, -0.15) is 0 Å². The summed E-state index contributed by atoms with van der Waals surface area (Å²) in [7, 11) is 1.57. The van der Waals surface area contributed by atoms with Gasteiger partial charge in [0.15, 0.2) is 5.75 Å². The van der Waals surface area contributed by atoms with Crippen molar-refractivity contribution < 1.29 is 4.74 Å². The molecule has 1 aromatic heterocycles. The van der Waals surface area contributed by atoms with Crippen LogP contribution in [0.5, 0.6) is 5.75 Å². The number of hydrogen-bond acceptors (Lipinski definition) is 4. The molecular weight excluding hydrogens is 166 g/mol. The van der Waals surface area contributed by atoms with Gasteiger partial charge in [-0.1, -0.05) is 0 Å². The Kier molecular flexibility index (Phi) is 4.49. The van der Waals surface area contributed by atoms with Gasteiger partial charge in [0.1, 0.15) is 5.82 Å². The first-order valence-electron chi connectivity index (χ1n) is 2.92. The van der Waals surface area contributed by atoms with Crippen molar-refractivity contribution in [3.05, 3.63) is 18.2 Å². The van der Waals surface area contributed by atoms with Crippen LogP contribution >= 0.6 is 12.4 Å². The highest BCUT2D eigenvalue weighted by molar-refractivity contribution is 5.85. The van der Waals surface area contributed by atoms with Gasteiger partial charge in [0.05, 0.1) is 26.0 Å². The maximum absolute atomic E-state index is 5.28. The molecule has 1 heterocycles. The molecule has 0 unspecified atom stereocenters. The number of ether oxygens (including phenoxy) is 1. The minimum atomic E-state index is 0. The Bertz CT molecular complexity index is 178. The predicted molar refractivity (Wildman–Crippen MR) is 43.7 cm³/mol. The van der Waals surface area contributed by atoms with Crippen LogP contribution in [0.15, 0.2) is 12.4 Å². The average molecular weight is 176 g/mol. The zero-order chi connectivity index (χ0) is 7.40. The molecule has 0 saturated carbocycles. The van der Waals surface area contributed by atoms with Crippen molar-refractivity contribution in [2.75, 3.05) is 7.11 Å². The molecule has 0 aliphatic rings. The van der Waals surface area contributed by atoms with Crippen LogP contribution in [-0.2, 0) is 6.54 Å². The molecule has 5 heteroatoms. The standard InChI is InChI=1S/C6H9N3O.ClH/c1-10-5-3-8-6(2-7)9-4-5;/h3-4H,2,7H2,1H3;1H. The molecular formula is C6H10ClN3O. The lowest BCUT2D eigenvalue weighted by Gasteiger charge is -1.97. The largest absolute Gasteiger partial charge is 0.494 e. The third-order valence-corrected chi connectivity index (χ3v) is 1.10. The van der Waals surface area contributed by atoms with E-state index in [1.807, 2.05) is 0 Å².